The number of rotatable bonds is 7. The molecule has 0 N–H and O–H groups in total. The molecule has 1 aromatic heterocycles. The van der Waals surface area contributed by atoms with Gasteiger partial charge in [-0.05, 0) is 48.5 Å². The van der Waals surface area contributed by atoms with E-state index in [1.807, 2.05) is 0 Å². The van der Waals surface area contributed by atoms with Crippen molar-refractivity contribution in [3.05, 3.63) is 70.3 Å². The standard InChI is InChI=1S/C19H12Cl2F2N2O2S/c20-12-3-6-14(15(21)9-12)17(26)10-28-19-24-8-7-16(25-19)11-1-4-13(5-2-11)27-18(22)23/h1-9,18H,10H2. The van der Waals surface area contributed by atoms with Crippen LogP contribution in [0.25, 0.3) is 11.3 Å². The molecule has 4 nitrogen and oxygen atoms in total. The van der Waals surface area contributed by atoms with Crippen molar-refractivity contribution in [2.24, 2.45) is 0 Å². The van der Waals surface area contributed by atoms with Crippen LogP contribution in [-0.4, -0.2) is 28.1 Å². The Balaban J connectivity index is 1.68. The van der Waals surface area contributed by atoms with Gasteiger partial charge in [0.2, 0.25) is 0 Å². The van der Waals surface area contributed by atoms with Crippen molar-refractivity contribution < 1.29 is 18.3 Å². The highest BCUT2D eigenvalue weighted by Crippen LogP contribution is 2.26. The smallest absolute Gasteiger partial charge is 0.387 e. The van der Waals surface area contributed by atoms with Crippen LogP contribution in [0.2, 0.25) is 10.0 Å². The van der Waals surface area contributed by atoms with Gasteiger partial charge in [0.15, 0.2) is 10.9 Å². The number of hydrogen-bond acceptors (Lipinski definition) is 5. The summed E-state index contributed by atoms with van der Waals surface area (Å²) in [6.07, 6.45) is 1.56. The first-order chi connectivity index (χ1) is 13.4. The third kappa shape index (κ3) is 5.41. The number of ketones is 1. The average Bonchev–Trinajstić information content (AvgIpc) is 2.66. The molecule has 0 aliphatic rings. The van der Waals surface area contributed by atoms with Crippen molar-refractivity contribution in [3.8, 4) is 17.0 Å². The van der Waals surface area contributed by atoms with E-state index < -0.39 is 6.61 Å². The van der Waals surface area contributed by atoms with Gasteiger partial charge in [-0.3, -0.25) is 4.79 Å². The van der Waals surface area contributed by atoms with E-state index in [0.717, 1.165) is 0 Å². The maximum atomic E-state index is 12.4. The summed E-state index contributed by atoms with van der Waals surface area (Å²) in [5, 5.41) is 1.15. The normalized spacial score (nSPS) is 10.9. The van der Waals surface area contributed by atoms with E-state index in [9.17, 15) is 13.6 Å². The molecule has 0 spiro atoms. The molecule has 0 unspecified atom stereocenters. The monoisotopic (exact) mass is 440 g/mol. The van der Waals surface area contributed by atoms with Crippen LogP contribution in [0.4, 0.5) is 8.78 Å². The number of benzene rings is 2. The van der Waals surface area contributed by atoms with Crippen molar-refractivity contribution in [2.75, 3.05) is 5.75 Å². The molecule has 0 bridgehead atoms. The van der Waals surface area contributed by atoms with Crippen molar-refractivity contribution >= 4 is 40.7 Å². The van der Waals surface area contributed by atoms with Crippen LogP contribution >= 0.6 is 35.0 Å². The van der Waals surface area contributed by atoms with E-state index >= 15 is 0 Å². The van der Waals surface area contributed by atoms with E-state index in [1.165, 1.54) is 30.0 Å². The Morgan fingerprint density at radius 2 is 1.86 bits per heavy atom. The summed E-state index contributed by atoms with van der Waals surface area (Å²) in [5.74, 6) is -0.00610. The topological polar surface area (TPSA) is 52.1 Å². The first kappa shape index (κ1) is 20.5. The second-order valence-electron chi connectivity index (χ2n) is 5.46. The second kappa shape index (κ2) is 9.32. The van der Waals surface area contributed by atoms with Crippen LogP contribution in [0.15, 0.2) is 59.9 Å². The van der Waals surface area contributed by atoms with Gasteiger partial charge in [0.25, 0.3) is 0 Å². The number of hydrogen-bond donors (Lipinski definition) is 0. The molecule has 0 fully saturated rings. The van der Waals surface area contributed by atoms with Gasteiger partial charge >= 0.3 is 6.61 Å². The lowest BCUT2D eigenvalue weighted by Crippen LogP contribution is -2.04. The van der Waals surface area contributed by atoms with Crippen LogP contribution in [-0.2, 0) is 0 Å². The van der Waals surface area contributed by atoms with Gasteiger partial charge in [-0.1, -0.05) is 35.0 Å². The minimum Gasteiger partial charge on any atom is -0.435 e. The zero-order valence-corrected chi connectivity index (χ0v) is 16.4. The molecule has 2 aromatic carbocycles. The molecule has 144 valence electrons. The molecule has 28 heavy (non-hydrogen) atoms. The van der Waals surface area contributed by atoms with Crippen molar-refractivity contribution in [2.45, 2.75) is 11.8 Å². The van der Waals surface area contributed by atoms with E-state index in [2.05, 4.69) is 14.7 Å². The highest BCUT2D eigenvalue weighted by Gasteiger charge is 2.13. The van der Waals surface area contributed by atoms with E-state index in [4.69, 9.17) is 23.2 Å². The molecule has 0 aliphatic heterocycles. The molecule has 0 radical (unpaired) electrons. The highest BCUT2D eigenvalue weighted by molar-refractivity contribution is 7.99. The van der Waals surface area contributed by atoms with Crippen LogP contribution < -0.4 is 4.74 Å². The Morgan fingerprint density at radius 3 is 2.54 bits per heavy atom. The third-order valence-electron chi connectivity index (χ3n) is 3.57. The highest BCUT2D eigenvalue weighted by atomic mass is 35.5. The number of nitrogens with zero attached hydrogens (tertiary/aromatic N) is 2. The van der Waals surface area contributed by atoms with Crippen LogP contribution in [0.3, 0.4) is 0 Å². The lowest BCUT2D eigenvalue weighted by molar-refractivity contribution is -0.0498. The van der Waals surface area contributed by atoms with E-state index in [1.54, 1.807) is 36.5 Å². The number of ether oxygens (including phenoxy) is 1. The number of aromatic nitrogens is 2. The Hall–Kier alpha value is -2.22. The fourth-order valence-corrected chi connectivity index (χ4v) is 3.53. The molecular weight excluding hydrogens is 429 g/mol. The summed E-state index contributed by atoms with van der Waals surface area (Å²) in [7, 11) is 0. The van der Waals surface area contributed by atoms with E-state index in [0.29, 0.717) is 32.0 Å². The van der Waals surface area contributed by atoms with Crippen molar-refractivity contribution in [1.82, 2.24) is 9.97 Å². The maximum Gasteiger partial charge on any atom is 0.387 e. The molecule has 0 saturated heterocycles. The number of thioether (sulfide) groups is 1. The summed E-state index contributed by atoms with van der Waals surface area (Å²) in [6, 6.07) is 12.5. The fraction of sp³-hybridized carbons (Fsp3) is 0.105. The Kier molecular flexibility index (Phi) is 6.83. The van der Waals surface area contributed by atoms with Crippen molar-refractivity contribution in [3.63, 3.8) is 0 Å². The zero-order chi connectivity index (χ0) is 20.1. The van der Waals surface area contributed by atoms with Gasteiger partial charge in [-0.25, -0.2) is 9.97 Å². The number of alkyl halides is 2. The maximum absolute atomic E-state index is 12.4. The fourth-order valence-electron chi connectivity index (χ4n) is 2.30. The lowest BCUT2D eigenvalue weighted by Gasteiger charge is -2.07. The third-order valence-corrected chi connectivity index (χ3v) is 4.98. The van der Waals surface area contributed by atoms with Gasteiger partial charge in [-0.15, -0.1) is 0 Å². The molecule has 3 rings (SSSR count). The average molecular weight is 441 g/mol. The predicted molar refractivity (Wildman–Crippen MR) is 106 cm³/mol. The van der Waals surface area contributed by atoms with Gasteiger partial charge in [0.05, 0.1) is 16.5 Å². The van der Waals surface area contributed by atoms with Crippen molar-refractivity contribution in [1.29, 1.82) is 0 Å². The SMILES string of the molecule is O=C(CSc1nccc(-c2ccc(OC(F)F)cc2)n1)c1ccc(Cl)cc1Cl. The summed E-state index contributed by atoms with van der Waals surface area (Å²) in [5.41, 5.74) is 1.68. The largest absolute Gasteiger partial charge is 0.435 e. The lowest BCUT2D eigenvalue weighted by atomic mass is 10.1. The predicted octanol–water partition coefficient (Wildman–Crippen LogP) is 6.03. The minimum absolute atomic E-state index is 0.0628. The molecule has 9 heteroatoms. The Labute approximate surface area is 173 Å². The molecule has 3 aromatic rings. The van der Waals surface area contributed by atoms with Crippen LogP contribution in [0.5, 0.6) is 5.75 Å². The van der Waals surface area contributed by atoms with Gasteiger partial charge in [0, 0.05) is 22.3 Å². The van der Waals surface area contributed by atoms with Gasteiger partial charge < -0.3 is 4.74 Å². The first-order valence-corrected chi connectivity index (χ1v) is 9.66. The number of carbonyl (C=O) groups excluding carboxylic acids is 1. The minimum atomic E-state index is -2.88. The Morgan fingerprint density at radius 1 is 1.11 bits per heavy atom. The van der Waals surface area contributed by atoms with Gasteiger partial charge in [0.1, 0.15) is 5.75 Å². The number of halogens is 4. The molecule has 0 saturated carbocycles. The second-order valence-corrected chi connectivity index (χ2v) is 7.25. The van der Waals surface area contributed by atoms with Crippen LogP contribution in [0.1, 0.15) is 10.4 Å². The zero-order valence-electron chi connectivity index (χ0n) is 14.1. The molecular formula is C19H12Cl2F2N2O2S. The summed E-state index contributed by atoms with van der Waals surface area (Å²) in [4.78, 5) is 20.9. The summed E-state index contributed by atoms with van der Waals surface area (Å²) >= 11 is 13.1. The molecule has 0 atom stereocenters. The summed E-state index contributed by atoms with van der Waals surface area (Å²) in [6.45, 7) is -2.88. The molecule has 1 heterocycles. The van der Waals surface area contributed by atoms with Gasteiger partial charge in [-0.2, -0.15) is 8.78 Å². The van der Waals surface area contributed by atoms with Crippen LogP contribution in [0, 0.1) is 0 Å². The summed E-state index contributed by atoms with van der Waals surface area (Å²) < 4.78 is 28.8. The Bertz CT molecular complexity index is 988. The number of carbonyl (C=O) groups is 1. The molecule has 0 aliphatic carbocycles. The molecule has 0 amide bonds. The quantitative estimate of drug-likeness (QED) is 0.255. The first-order valence-electron chi connectivity index (χ1n) is 7.92. The van der Waals surface area contributed by atoms with E-state index in [-0.39, 0.29) is 17.3 Å². The number of Topliss-reactive ketones (excluding diaryl/α,β-unsaturated/α-hetero) is 1.